The average molecular weight is 409 g/mol. The van der Waals surface area contributed by atoms with Gasteiger partial charge in [-0.25, -0.2) is 9.97 Å². The number of hydrogen-bond donors (Lipinski definition) is 2. The van der Waals surface area contributed by atoms with Crippen molar-refractivity contribution in [1.29, 1.82) is 0 Å². The van der Waals surface area contributed by atoms with Gasteiger partial charge in [0.05, 0.1) is 6.04 Å². The third-order valence-electron chi connectivity index (χ3n) is 4.93. The molecule has 0 aliphatic carbocycles. The third-order valence-corrected chi connectivity index (χ3v) is 4.93. The first kappa shape index (κ1) is 20.3. The Labute approximate surface area is 182 Å². The number of anilines is 2. The number of rotatable bonds is 6. The number of nitrogens with one attached hydrogen (secondary N) is 2. The van der Waals surface area contributed by atoms with E-state index in [9.17, 15) is 4.79 Å². The zero-order valence-electron chi connectivity index (χ0n) is 17.5. The molecule has 0 aliphatic rings. The smallest absolute Gasteiger partial charge is 0.252 e. The van der Waals surface area contributed by atoms with E-state index >= 15 is 0 Å². The Balaban J connectivity index is 1.51. The van der Waals surface area contributed by atoms with E-state index in [2.05, 4.69) is 20.6 Å². The second-order valence-electron chi connectivity index (χ2n) is 7.40. The second-order valence-corrected chi connectivity index (χ2v) is 7.40. The summed E-state index contributed by atoms with van der Waals surface area (Å²) in [6, 6.07) is 29.0. The van der Waals surface area contributed by atoms with Crippen molar-refractivity contribution in [3.8, 4) is 0 Å². The first-order valence-electron chi connectivity index (χ1n) is 10.2. The van der Waals surface area contributed by atoms with E-state index in [0.29, 0.717) is 11.5 Å². The van der Waals surface area contributed by atoms with Crippen molar-refractivity contribution >= 4 is 17.5 Å². The molecule has 31 heavy (non-hydrogen) atoms. The fourth-order valence-electron chi connectivity index (χ4n) is 3.48. The van der Waals surface area contributed by atoms with Gasteiger partial charge in [0.1, 0.15) is 0 Å². The molecule has 5 heteroatoms. The quantitative estimate of drug-likeness (QED) is 0.451. The maximum Gasteiger partial charge on any atom is 0.252 e. The molecular formula is C26H24N4O. The summed E-state index contributed by atoms with van der Waals surface area (Å²) < 4.78 is 0. The van der Waals surface area contributed by atoms with Gasteiger partial charge in [-0.3, -0.25) is 4.79 Å². The minimum absolute atomic E-state index is 0.132. The first-order chi connectivity index (χ1) is 15.1. The Morgan fingerprint density at radius 1 is 0.742 bits per heavy atom. The Kier molecular flexibility index (Phi) is 6.03. The third kappa shape index (κ3) is 5.14. The van der Waals surface area contributed by atoms with Crippen LogP contribution in [0.3, 0.4) is 0 Å². The fraction of sp³-hybridized carbons (Fsp3) is 0.115. The lowest BCUT2D eigenvalue weighted by atomic mass is 9.98. The minimum Gasteiger partial charge on any atom is -0.341 e. The van der Waals surface area contributed by atoms with Gasteiger partial charge in [-0.2, -0.15) is 0 Å². The lowest BCUT2D eigenvalue weighted by Gasteiger charge is -2.20. The molecule has 3 aromatic carbocycles. The molecule has 0 unspecified atom stereocenters. The molecule has 0 fully saturated rings. The van der Waals surface area contributed by atoms with Crippen LogP contribution in [0, 0.1) is 13.8 Å². The molecule has 1 aromatic heterocycles. The van der Waals surface area contributed by atoms with E-state index in [1.165, 1.54) is 0 Å². The van der Waals surface area contributed by atoms with Gasteiger partial charge >= 0.3 is 0 Å². The molecule has 1 heterocycles. The molecule has 2 N–H and O–H groups in total. The highest BCUT2D eigenvalue weighted by molar-refractivity contribution is 5.95. The Morgan fingerprint density at radius 2 is 1.26 bits per heavy atom. The van der Waals surface area contributed by atoms with Crippen LogP contribution in [-0.2, 0) is 0 Å². The molecule has 0 saturated heterocycles. The van der Waals surface area contributed by atoms with Crippen LogP contribution in [0.4, 0.5) is 11.6 Å². The summed E-state index contributed by atoms with van der Waals surface area (Å²) in [5.41, 5.74) is 5.28. The monoisotopic (exact) mass is 408 g/mol. The molecule has 4 aromatic rings. The van der Waals surface area contributed by atoms with Gasteiger partial charge < -0.3 is 10.6 Å². The number of amides is 1. The van der Waals surface area contributed by atoms with Gasteiger partial charge in [-0.1, -0.05) is 60.7 Å². The standard InChI is InChI=1S/C26H24N4O/c1-18-17-19(2)28-26(27-18)29-23-15-13-22(14-16-23)25(31)30-24(20-9-5-3-6-10-20)21-11-7-4-8-12-21/h3-17,24H,1-2H3,(H,30,31)(H,27,28,29). The largest absolute Gasteiger partial charge is 0.341 e. The zero-order valence-corrected chi connectivity index (χ0v) is 17.5. The van der Waals surface area contributed by atoms with Gasteiger partial charge in [0.2, 0.25) is 5.95 Å². The number of carbonyl (C=O) groups excluding carboxylic acids is 1. The Bertz CT molecular complexity index is 1100. The highest BCUT2D eigenvalue weighted by atomic mass is 16.1. The molecule has 0 saturated carbocycles. The Morgan fingerprint density at radius 3 is 1.77 bits per heavy atom. The number of aryl methyl sites for hydroxylation is 2. The van der Waals surface area contributed by atoms with Crippen LogP contribution in [0.2, 0.25) is 0 Å². The molecule has 4 rings (SSSR count). The van der Waals surface area contributed by atoms with Gasteiger partial charge in [-0.05, 0) is 55.3 Å². The second kappa shape index (κ2) is 9.22. The van der Waals surface area contributed by atoms with Crippen LogP contribution in [0.1, 0.15) is 38.9 Å². The summed E-state index contributed by atoms with van der Waals surface area (Å²) in [5.74, 6) is 0.412. The number of hydrogen-bond acceptors (Lipinski definition) is 4. The normalized spacial score (nSPS) is 10.7. The van der Waals surface area contributed by atoms with Crippen LogP contribution < -0.4 is 10.6 Å². The van der Waals surface area contributed by atoms with E-state index in [1.54, 1.807) is 12.1 Å². The highest BCUT2D eigenvalue weighted by Gasteiger charge is 2.17. The van der Waals surface area contributed by atoms with Crippen molar-refractivity contribution in [1.82, 2.24) is 15.3 Å². The molecule has 1 amide bonds. The van der Waals surface area contributed by atoms with Gasteiger partial charge in [0, 0.05) is 22.6 Å². The summed E-state index contributed by atoms with van der Waals surface area (Å²) in [6.07, 6.45) is 0. The van der Waals surface area contributed by atoms with Crippen molar-refractivity contribution < 1.29 is 4.79 Å². The number of carbonyl (C=O) groups is 1. The molecule has 5 nitrogen and oxygen atoms in total. The predicted molar refractivity (Wildman–Crippen MR) is 123 cm³/mol. The summed E-state index contributed by atoms with van der Waals surface area (Å²) in [4.78, 5) is 21.8. The maximum atomic E-state index is 13.0. The molecular weight excluding hydrogens is 384 g/mol. The summed E-state index contributed by atoms with van der Waals surface area (Å²) in [7, 11) is 0. The molecule has 0 bridgehead atoms. The summed E-state index contributed by atoms with van der Waals surface area (Å²) in [5, 5.41) is 6.36. The van der Waals surface area contributed by atoms with Crippen molar-refractivity contribution in [3.63, 3.8) is 0 Å². The van der Waals surface area contributed by atoms with E-state index in [1.807, 2.05) is 92.7 Å². The van der Waals surface area contributed by atoms with Crippen molar-refractivity contribution in [2.45, 2.75) is 19.9 Å². The predicted octanol–water partition coefficient (Wildman–Crippen LogP) is 5.36. The molecule has 0 atom stereocenters. The van der Waals surface area contributed by atoms with Gasteiger partial charge in [0.25, 0.3) is 5.91 Å². The summed E-state index contributed by atoms with van der Waals surface area (Å²) >= 11 is 0. The molecule has 0 radical (unpaired) electrons. The van der Waals surface area contributed by atoms with Gasteiger partial charge in [-0.15, -0.1) is 0 Å². The van der Waals surface area contributed by atoms with Crippen LogP contribution >= 0.6 is 0 Å². The molecule has 0 aliphatic heterocycles. The highest BCUT2D eigenvalue weighted by Crippen LogP contribution is 2.23. The fourth-order valence-corrected chi connectivity index (χ4v) is 3.48. The SMILES string of the molecule is Cc1cc(C)nc(Nc2ccc(C(=O)NC(c3ccccc3)c3ccccc3)cc2)n1. The molecule has 0 spiro atoms. The van der Waals surface area contributed by atoms with Crippen LogP contribution in [-0.4, -0.2) is 15.9 Å². The van der Waals surface area contributed by atoms with Crippen LogP contribution in [0.5, 0.6) is 0 Å². The zero-order chi connectivity index (χ0) is 21.6. The van der Waals surface area contributed by atoms with E-state index in [4.69, 9.17) is 0 Å². The van der Waals surface area contributed by atoms with E-state index in [0.717, 1.165) is 28.2 Å². The lowest BCUT2D eigenvalue weighted by molar-refractivity contribution is 0.0943. The number of benzene rings is 3. The van der Waals surface area contributed by atoms with Crippen LogP contribution in [0.15, 0.2) is 91.0 Å². The van der Waals surface area contributed by atoms with Crippen LogP contribution in [0.25, 0.3) is 0 Å². The first-order valence-corrected chi connectivity index (χ1v) is 10.2. The van der Waals surface area contributed by atoms with Crippen molar-refractivity contribution in [2.75, 3.05) is 5.32 Å². The number of nitrogens with zero attached hydrogens (tertiary/aromatic N) is 2. The maximum absolute atomic E-state index is 13.0. The van der Waals surface area contributed by atoms with Crippen molar-refractivity contribution in [3.05, 3.63) is 119 Å². The topological polar surface area (TPSA) is 66.9 Å². The summed E-state index contributed by atoms with van der Waals surface area (Å²) in [6.45, 7) is 3.87. The lowest BCUT2D eigenvalue weighted by Crippen LogP contribution is -2.29. The van der Waals surface area contributed by atoms with E-state index in [-0.39, 0.29) is 11.9 Å². The Hall–Kier alpha value is -3.99. The van der Waals surface area contributed by atoms with Crippen molar-refractivity contribution in [2.24, 2.45) is 0 Å². The minimum atomic E-state index is -0.226. The van der Waals surface area contributed by atoms with Gasteiger partial charge in [0.15, 0.2) is 0 Å². The van der Waals surface area contributed by atoms with E-state index < -0.39 is 0 Å². The number of aromatic nitrogens is 2. The average Bonchev–Trinajstić information content (AvgIpc) is 2.78. The molecule has 154 valence electrons.